The van der Waals surface area contributed by atoms with Crippen molar-refractivity contribution in [3.8, 4) is 0 Å². The summed E-state index contributed by atoms with van der Waals surface area (Å²) in [5.41, 5.74) is 0. The van der Waals surface area contributed by atoms with Crippen molar-refractivity contribution in [2.45, 2.75) is 25.3 Å². The first kappa shape index (κ1) is 10.3. The Morgan fingerprint density at radius 3 is 2.92 bits per heavy atom. The monoisotopic (exact) mass is 185 g/mol. The fourth-order valence-corrected chi connectivity index (χ4v) is 1.73. The van der Waals surface area contributed by atoms with Crippen LogP contribution >= 0.6 is 0 Å². The van der Waals surface area contributed by atoms with Gasteiger partial charge in [0.15, 0.2) is 0 Å². The van der Waals surface area contributed by atoms with Crippen molar-refractivity contribution in [1.82, 2.24) is 15.5 Å². The summed E-state index contributed by atoms with van der Waals surface area (Å²) in [6.07, 6.45) is 3.33. The maximum Gasteiger partial charge on any atom is 0.317 e. The summed E-state index contributed by atoms with van der Waals surface area (Å²) in [5.74, 6) is 0. The quantitative estimate of drug-likeness (QED) is 0.621. The molecule has 1 heterocycles. The highest BCUT2D eigenvalue weighted by atomic mass is 16.2. The van der Waals surface area contributed by atoms with E-state index in [4.69, 9.17) is 0 Å². The molecule has 0 bridgehead atoms. The van der Waals surface area contributed by atoms with Crippen molar-refractivity contribution in [1.29, 1.82) is 0 Å². The van der Waals surface area contributed by atoms with Crippen molar-refractivity contribution in [2.24, 2.45) is 0 Å². The van der Waals surface area contributed by atoms with Gasteiger partial charge in [-0.3, -0.25) is 0 Å². The van der Waals surface area contributed by atoms with Crippen LogP contribution in [0.3, 0.4) is 0 Å². The third-order valence-corrected chi connectivity index (χ3v) is 2.63. The zero-order valence-corrected chi connectivity index (χ0v) is 8.47. The second kappa shape index (κ2) is 5.07. The largest absolute Gasteiger partial charge is 0.341 e. The summed E-state index contributed by atoms with van der Waals surface area (Å²) in [6, 6.07) is 0.418. The topological polar surface area (TPSA) is 44.4 Å². The minimum atomic E-state index is 0.0203. The number of hydrogen-bond donors (Lipinski definition) is 2. The Labute approximate surface area is 79.7 Å². The fourth-order valence-electron chi connectivity index (χ4n) is 1.73. The maximum atomic E-state index is 11.3. The minimum absolute atomic E-state index is 0.0203. The van der Waals surface area contributed by atoms with E-state index < -0.39 is 0 Å². The van der Waals surface area contributed by atoms with Gasteiger partial charge in [-0.1, -0.05) is 0 Å². The van der Waals surface area contributed by atoms with E-state index in [-0.39, 0.29) is 6.03 Å². The van der Waals surface area contributed by atoms with Gasteiger partial charge in [0.1, 0.15) is 0 Å². The number of hydrogen-bond acceptors (Lipinski definition) is 2. The average Bonchev–Trinajstić information content (AvgIpc) is 2.43. The van der Waals surface area contributed by atoms with Gasteiger partial charge in [0.25, 0.3) is 0 Å². The van der Waals surface area contributed by atoms with Crippen molar-refractivity contribution in [2.75, 3.05) is 27.2 Å². The van der Waals surface area contributed by atoms with Gasteiger partial charge < -0.3 is 15.5 Å². The van der Waals surface area contributed by atoms with Gasteiger partial charge in [-0.2, -0.15) is 0 Å². The van der Waals surface area contributed by atoms with E-state index in [2.05, 4.69) is 10.6 Å². The molecule has 1 aliphatic rings. The first-order valence-corrected chi connectivity index (χ1v) is 4.91. The van der Waals surface area contributed by atoms with Gasteiger partial charge in [-0.25, -0.2) is 4.79 Å². The van der Waals surface area contributed by atoms with Crippen molar-refractivity contribution in [3.63, 3.8) is 0 Å². The van der Waals surface area contributed by atoms with Crippen molar-refractivity contribution in [3.05, 3.63) is 0 Å². The van der Waals surface area contributed by atoms with Crippen LogP contribution in [0.25, 0.3) is 0 Å². The second-order valence-electron chi connectivity index (χ2n) is 3.50. The van der Waals surface area contributed by atoms with E-state index in [0.717, 1.165) is 32.4 Å². The van der Waals surface area contributed by atoms with Crippen LogP contribution in [0.1, 0.15) is 19.3 Å². The lowest BCUT2D eigenvalue weighted by molar-refractivity contribution is 0.187. The molecule has 0 aromatic carbocycles. The molecule has 2 amide bonds. The summed E-state index contributed by atoms with van der Waals surface area (Å²) < 4.78 is 0. The highest BCUT2D eigenvalue weighted by Gasteiger charge is 2.19. The molecule has 4 heteroatoms. The van der Waals surface area contributed by atoms with Crippen LogP contribution in [0.4, 0.5) is 4.79 Å². The predicted octanol–water partition coefficient (Wildman–Crippen LogP) is 0.400. The number of amides is 2. The Hall–Kier alpha value is -0.770. The molecule has 4 nitrogen and oxygen atoms in total. The first-order valence-electron chi connectivity index (χ1n) is 4.91. The first-order chi connectivity index (χ1) is 6.25. The van der Waals surface area contributed by atoms with E-state index in [1.807, 2.05) is 11.9 Å². The number of carbonyl (C=O) groups excluding carboxylic acids is 1. The number of nitrogens with one attached hydrogen (secondary N) is 2. The number of carbonyl (C=O) groups is 1. The Kier molecular flexibility index (Phi) is 4.02. The fraction of sp³-hybridized carbons (Fsp3) is 0.889. The van der Waals surface area contributed by atoms with Gasteiger partial charge in [0, 0.05) is 20.1 Å². The van der Waals surface area contributed by atoms with Gasteiger partial charge in [-0.15, -0.1) is 0 Å². The van der Waals surface area contributed by atoms with E-state index >= 15 is 0 Å². The molecule has 1 fully saturated rings. The smallest absolute Gasteiger partial charge is 0.317 e. The lowest BCUT2D eigenvalue weighted by Crippen LogP contribution is -2.42. The molecule has 1 rings (SSSR count). The van der Waals surface area contributed by atoms with Crippen LogP contribution in [0.2, 0.25) is 0 Å². The summed E-state index contributed by atoms with van der Waals surface area (Å²) in [4.78, 5) is 13.1. The Morgan fingerprint density at radius 2 is 2.23 bits per heavy atom. The molecule has 0 spiro atoms. The molecule has 0 aliphatic carbocycles. The third kappa shape index (κ3) is 2.88. The van der Waals surface area contributed by atoms with Gasteiger partial charge in [-0.05, 0) is 32.4 Å². The molecule has 1 atom stereocenters. The highest BCUT2D eigenvalue weighted by Crippen LogP contribution is 2.11. The highest BCUT2D eigenvalue weighted by molar-refractivity contribution is 5.73. The maximum absolute atomic E-state index is 11.3. The number of urea groups is 1. The van der Waals surface area contributed by atoms with E-state index in [0.29, 0.717) is 6.04 Å². The lowest BCUT2D eigenvalue weighted by Gasteiger charge is -2.26. The van der Waals surface area contributed by atoms with Crippen LogP contribution in [0, 0.1) is 0 Å². The van der Waals surface area contributed by atoms with Crippen molar-refractivity contribution < 1.29 is 4.79 Å². The Balaban J connectivity index is 2.43. The standard InChI is InChI=1S/C9H19N3O/c1-10-9(13)12(2)8-4-3-6-11-7-5-8/h8,11H,3-7H2,1-2H3,(H,10,13). The molecular formula is C9H19N3O. The van der Waals surface area contributed by atoms with Gasteiger partial charge in [0.2, 0.25) is 0 Å². The number of rotatable bonds is 1. The summed E-state index contributed by atoms with van der Waals surface area (Å²) in [6.45, 7) is 2.10. The minimum Gasteiger partial charge on any atom is -0.341 e. The van der Waals surface area contributed by atoms with E-state index in [1.165, 1.54) is 0 Å². The van der Waals surface area contributed by atoms with Crippen LogP contribution in [0.5, 0.6) is 0 Å². The van der Waals surface area contributed by atoms with Crippen molar-refractivity contribution >= 4 is 6.03 Å². The Bertz CT molecular complexity index is 164. The molecule has 1 unspecified atom stereocenters. The number of nitrogens with zero attached hydrogens (tertiary/aromatic N) is 1. The molecule has 0 aromatic rings. The second-order valence-corrected chi connectivity index (χ2v) is 3.50. The zero-order chi connectivity index (χ0) is 9.68. The molecule has 1 saturated heterocycles. The summed E-state index contributed by atoms with van der Waals surface area (Å²) in [5, 5.41) is 5.98. The van der Waals surface area contributed by atoms with Gasteiger partial charge >= 0.3 is 6.03 Å². The molecule has 0 radical (unpaired) electrons. The van der Waals surface area contributed by atoms with E-state index in [9.17, 15) is 4.79 Å². The molecule has 0 saturated carbocycles. The van der Waals surface area contributed by atoms with Crippen LogP contribution in [0.15, 0.2) is 0 Å². The predicted molar refractivity (Wildman–Crippen MR) is 52.7 cm³/mol. The lowest BCUT2D eigenvalue weighted by atomic mass is 10.1. The molecule has 76 valence electrons. The SMILES string of the molecule is CNC(=O)N(C)C1CCCNCC1. The van der Waals surface area contributed by atoms with E-state index in [1.54, 1.807) is 7.05 Å². The average molecular weight is 185 g/mol. The van der Waals surface area contributed by atoms with Crippen LogP contribution in [-0.4, -0.2) is 44.2 Å². The van der Waals surface area contributed by atoms with Crippen LogP contribution < -0.4 is 10.6 Å². The molecule has 2 N–H and O–H groups in total. The molecule has 0 aromatic heterocycles. The third-order valence-electron chi connectivity index (χ3n) is 2.63. The summed E-state index contributed by atoms with van der Waals surface area (Å²) >= 11 is 0. The zero-order valence-electron chi connectivity index (χ0n) is 8.47. The Morgan fingerprint density at radius 1 is 1.46 bits per heavy atom. The van der Waals surface area contributed by atoms with Crippen LogP contribution in [-0.2, 0) is 0 Å². The van der Waals surface area contributed by atoms with Gasteiger partial charge in [0.05, 0.1) is 0 Å². The molecular weight excluding hydrogens is 166 g/mol. The molecule has 1 aliphatic heterocycles. The summed E-state index contributed by atoms with van der Waals surface area (Å²) in [7, 11) is 3.54. The molecule has 13 heavy (non-hydrogen) atoms. The normalized spacial score (nSPS) is 23.4.